The molecule has 18 heavy (non-hydrogen) atoms. The zero-order valence-corrected chi connectivity index (χ0v) is 11.2. The van der Waals surface area contributed by atoms with Gasteiger partial charge >= 0.3 is 0 Å². The van der Waals surface area contributed by atoms with Gasteiger partial charge in [-0.15, -0.1) is 0 Å². The van der Waals surface area contributed by atoms with Crippen LogP contribution in [0.2, 0.25) is 15.1 Å². The SMILES string of the molecule is OCc1c(F)cncc1-c1ccc(Cl)c(Cl)c1Cl. The predicted molar refractivity (Wildman–Crippen MR) is 70.6 cm³/mol. The van der Waals surface area contributed by atoms with Gasteiger partial charge in [-0.1, -0.05) is 40.9 Å². The number of hydrogen-bond donors (Lipinski definition) is 1. The molecule has 0 aliphatic carbocycles. The zero-order valence-electron chi connectivity index (χ0n) is 8.92. The number of nitrogens with zero attached hydrogens (tertiary/aromatic N) is 1. The maximum absolute atomic E-state index is 13.5. The second kappa shape index (κ2) is 5.41. The quantitative estimate of drug-likeness (QED) is 0.837. The highest BCUT2D eigenvalue weighted by atomic mass is 35.5. The van der Waals surface area contributed by atoms with Crippen molar-refractivity contribution in [3.8, 4) is 11.1 Å². The average molecular weight is 307 g/mol. The van der Waals surface area contributed by atoms with Gasteiger partial charge in [0.05, 0.1) is 27.9 Å². The normalized spacial score (nSPS) is 10.7. The molecular weight excluding hydrogens is 299 g/mol. The van der Waals surface area contributed by atoms with Crippen molar-refractivity contribution in [3.05, 3.63) is 51.0 Å². The second-order valence-electron chi connectivity index (χ2n) is 3.53. The van der Waals surface area contributed by atoms with Gasteiger partial charge in [-0.25, -0.2) is 4.39 Å². The van der Waals surface area contributed by atoms with Crippen LogP contribution in [0.25, 0.3) is 11.1 Å². The Morgan fingerprint density at radius 2 is 1.78 bits per heavy atom. The van der Waals surface area contributed by atoms with Crippen molar-refractivity contribution < 1.29 is 9.50 Å². The summed E-state index contributed by atoms with van der Waals surface area (Å²) in [6, 6.07) is 3.16. The lowest BCUT2D eigenvalue weighted by atomic mass is 10.0. The van der Waals surface area contributed by atoms with E-state index >= 15 is 0 Å². The van der Waals surface area contributed by atoms with Crippen LogP contribution >= 0.6 is 34.8 Å². The van der Waals surface area contributed by atoms with E-state index in [4.69, 9.17) is 34.8 Å². The number of pyridine rings is 1. The van der Waals surface area contributed by atoms with Crippen LogP contribution < -0.4 is 0 Å². The Morgan fingerprint density at radius 3 is 2.44 bits per heavy atom. The van der Waals surface area contributed by atoms with Gasteiger partial charge in [-0.3, -0.25) is 4.98 Å². The minimum atomic E-state index is -0.600. The van der Waals surface area contributed by atoms with E-state index in [1.807, 2.05) is 0 Å². The highest BCUT2D eigenvalue weighted by Gasteiger charge is 2.15. The van der Waals surface area contributed by atoms with Gasteiger partial charge in [-0.05, 0) is 6.07 Å². The summed E-state index contributed by atoms with van der Waals surface area (Å²) in [5, 5.41) is 9.90. The Hall–Kier alpha value is -0.870. The van der Waals surface area contributed by atoms with E-state index in [1.165, 1.54) is 6.20 Å². The van der Waals surface area contributed by atoms with E-state index in [1.54, 1.807) is 12.1 Å². The summed E-state index contributed by atoms with van der Waals surface area (Å²) in [4.78, 5) is 3.74. The molecule has 94 valence electrons. The molecular formula is C12H7Cl3FNO. The third-order valence-electron chi connectivity index (χ3n) is 2.49. The van der Waals surface area contributed by atoms with E-state index < -0.39 is 12.4 Å². The van der Waals surface area contributed by atoms with Crippen LogP contribution in [0.4, 0.5) is 4.39 Å². The first-order valence-corrected chi connectivity index (χ1v) is 6.06. The Balaban J connectivity index is 2.70. The number of halogens is 4. The maximum atomic E-state index is 13.5. The largest absolute Gasteiger partial charge is 0.392 e. The molecule has 0 saturated heterocycles. The summed E-state index contributed by atoms with van der Waals surface area (Å²) in [7, 11) is 0. The Morgan fingerprint density at radius 1 is 1.06 bits per heavy atom. The molecule has 1 aromatic heterocycles. The fourth-order valence-corrected chi connectivity index (χ4v) is 2.23. The van der Waals surface area contributed by atoms with Crippen LogP contribution in [-0.4, -0.2) is 10.1 Å². The van der Waals surface area contributed by atoms with Crippen LogP contribution in [0.3, 0.4) is 0 Å². The summed E-state index contributed by atoms with van der Waals surface area (Å²) in [6.07, 6.45) is 2.45. The van der Waals surface area contributed by atoms with Crippen LogP contribution in [0, 0.1) is 5.82 Å². The first-order chi connectivity index (χ1) is 8.56. The summed E-state index contributed by atoms with van der Waals surface area (Å²) in [5.41, 5.74) is 0.980. The van der Waals surface area contributed by atoms with E-state index in [0.29, 0.717) is 16.1 Å². The van der Waals surface area contributed by atoms with Crippen molar-refractivity contribution in [2.24, 2.45) is 0 Å². The molecule has 2 rings (SSSR count). The maximum Gasteiger partial charge on any atom is 0.147 e. The summed E-state index contributed by atoms with van der Waals surface area (Å²) in [6.45, 7) is -0.458. The number of aliphatic hydroxyl groups is 1. The molecule has 0 bridgehead atoms. The van der Waals surface area contributed by atoms with Gasteiger partial charge in [0.25, 0.3) is 0 Å². The minimum Gasteiger partial charge on any atom is -0.392 e. The molecule has 6 heteroatoms. The van der Waals surface area contributed by atoms with Crippen molar-refractivity contribution in [1.82, 2.24) is 4.98 Å². The molecule has 0 spiro atoms. The lowest BCUT2D eigenvalue weighted by Gasteiger charge is -2.11. The predicted octanol–water partition coefficient (Wildman–Crippen LogP) is 4.34. The van der Waals surface area contributed by atoms with E-state index in [9.17, 15) is 9.50 Å². The summed E-state index contributed by atoms with van der Waals surface area (Å²) >= 11 is 17.8. The standard InChI is InChI=1S/C12H7Cl3FNO/c13-9-2-1-6(11(14)12(9)15)7-3-17-4-10(16)8(7)5-18/h1-4,18H,5H2. The molecule has 0 atom stereocenters. The van der Waals surface area contributed by atoms with Gasteiger partial charge < -0.3 is 5.11 Å². The second-order valence-corrected chi connectivity index (χ2v) is 4.69. The number of aromatic nitrogens is 1. The summed E-state index contributed by atoms with van der Waals surface area (Å²) < 4.78 is 13.5. The van der Waals surface area contributed by atoms with Crippen molar-refractivity contribution in [3.63, 3.8) is 0 Å². The smallest absolute Gasteiger partial charge is 0.147 e. The lowest BCUT2D eigenvalue weighted by molar-refractivity contribution is 0.276. The van der Waals surface area contributed by atoms with Crippen LogP contribution in [0.1, 0.15) is 5.56 Å². The average Bonchev–Trinajstić information content (AvgIpc) is 2.36. The Kier molecular flexibility index (Phi) is 4.07. The molecule has 1 aromatic carbocycles. The number of rotatable bonds is 2. The molecule has 2 nitrogen and oxygen atoms in total. The molecule has 0 unspecified atom stereocenters. The van der Waals surface area contributed by atoms with Crippen LogP contribution in [0.5, 0.6) is 0 Å². The van der Waals surface area contributed by atoms with Gasteiger partial charge in [-0.2, -0.15) is 0 Å². The highest BCUT2D eigenvalue weighted by Crippen LogP contribution is 2.39. The third kappa shape index (κ3) is 2.31. The van der Waals surface area contributed by atoms with Gasteiger partial charge in [0, 0.05) is 22.9 Å². The molecule has 0 amide bonds. The van der Waals surface area contributed by atoms with E-state index in [0.717, 1.165) is 6.20 Å². The van der Waals surface area contributed by atoms with Gasteiger partial charge in [0.1, 0.15) is 5.82 Å². The van der Waals surface area contributed by atoms with Crippen molar-refractivity contribution in [1.29, 1.82) is 0 Å². The molecule has 1 N–H and O–H groups in total. The first-order valence-electron chi connectivity index (χ1n) is 4.93. The third-order valence-corrected chi connectivity index (χ3v) is 3.78. The Labute approximate surface area is 118 Å². The molecule has 2 aromatic rings. The fourth-order valence-electron chi connectivity index (χ4n) is 1.59. The zero-order chi connectivity index (χ0) is 13.3. The first kappa shape index (κ1) is 13.6. The number of aliphatic hydroxyl groups excluding tert-OH is 1. The monoisotopic (exact) mass is 305 g/mol. The highest BCUT2D eigenvalue weighted by molar-refractivity contribution is 6.49. The fraction of sp³-hybridized carbons (Fsp3) is 0.0833. The Bertz CT molecular complexity index is 604. The van der Waals surface area contributed by atoms with E-state index in [-0.39, 0.29) is 15.6 Å². The van der Waals surface area contributed by atoms with Crippen molar-refractivity contribution in [2.75, 3.05) is 0 Å². The van der Waals surface area contributed by atoms with Crippen LogP contribution in [-0.2, 0) is 6.61 Å². The number of benzene rings is 1. The molecule has 0 aliphatic rings. The number of hydrogen-bond acceptors (Lipinski definition) is 2. The molecule has 1 heterocycles. The molecule has 0 fully saturated rings. The van der Waals surface area contributed by atoms with Crippen molar-refractivity contribution >= 4 is 34.8 Å². The van der Waals surface area contributed by atoms with Crippen LogP contribution in [0.15, 0.2) is 24.5 Å². The lowest BCUT2D eigenvalue weighted by Crippen LogP contribution is -1.96. The van der Waals surface area contributed by atoms with Gasteiger partial charge in [0.15, 0.2) is 0 Å². The van der Waals surface area contributed by atoms with E-state index in [2.05, 4.69) is 4.98 Å². The van der Waals surface area contributed by atoms with Gasteiger partial charge in [0.2, 0.25) is 0 Å². The summed E-state index contributed by atoms with van der Waals surface area (Å²) in [5.74, 6) is -0.600. The molecule has 0 aliphatic heterocycles. The molecule has 0 radical (unpaired) electrons. The topological polar surface area (TPSA) is 33.1 Å². The van der Waals surface area contributed by atoms with Crippen molar-refractivity contribution in [2.45, 2.75) is 6.61 Å². The molecule has 0 saturated carbocycles. The minimum absolute atomic E-state index is 0.116.